The number of nitrogens with one attached hydrogen (secondary N) is 1. The number of imide groups is 1. The highest BCUT2D eigenvalue weighted by atomic mass is 16.6. The maximum Gasteiger partial charge on any atom is 0.326 e. The third-order valence-corrected chi connectivity index (χ3v) is 5.52. The molecule has 1 spiro atoms. The summed E-state index contributed by atoms with van der Waals surface area (Å²) in [5.74, 6) is 0.0661. The van der Waals surface area contributed by atoms with Crippen molar-refractivity contribution in [3.63, 3.8) is 0 Å². The van der Waals surface area contributed by atoms with E-state index >= 15 is 0 Å². The first kappa shape index (κ1) is 21.1. The maximum absolute atomic E-state index is 13.0. The van der Waals surface area contributed by atoms with Crippen LogP contribution >= 0.6 is 0 Å². The highest BCUT2D eigenvalue weighted by Gasteiger charge is 2.56. The summed E-state index contributed by atoms with van der Waals surface area (Å²) in [7, 11) is 0. The number of carbonyl (C=O) groups is 3. The average molecular weight is 402 g/mol. The summed E-state index contributed by atoms with van der Waals surface area (Å²) in [6.45, 7) is 8.13. The first-order valence-corrected chi connectivity index (χ1v) is 10.1. The fourth-order valence-corrected chi connectivity index (χ4v) is 4.84. The Bertz CT molecular complexity index is 806. The molecule has 2 fully saturated rings. The van der Waals surface area contributed by atoms with Gasteiger partial charge in [-0.3, -0.25) is 14.5 Å². The highest BCUT2D eigenvalue weighted by Crippen LogP contribution is 2.46. The second-order valence-corrected chi connectivity index (χ2v) is 9.14. The van der Waals surface area contributed by atoms with Crippen LogP contribution in [0.25, 0.3) is 0 Å². The van der Waals surface area contributed by atoms with Crippen LogP contribution in [0.3, 0.4) is 0 Å². The molecule has 0 radical (unpaired) electrons. The number of urea groups is 1. The van der Waals surface area contributed by atoms with Crippen molar-refractivity contribution in [2.75, 3.05) is 19.8 Å². The van der Waals surface area contributed by atoms with E-state index in [1.807, 2.05) is 31.2 Å². The van der Waals surface area contributed by atoms with Crippen LogP contribution in [0.15, 0.2) is 24.3 Å². The van der Waals surface area contributed by atoms with Gasteiger partial charge in [0.25, 0.3) is 5.91 Å². The van der Waals surface area contributed by atoms with Crippen LogP contribution < -0.4 is 10.1 Å². The molecule has 1 aliphatic heterocycles. The number of benzene rings is 1. The third-order valence-electron chi connectivity index (χ3n) is 5.52. The van der Waals surface area contributed by atoms with Crippen molar-refractivity contribution < 1.29 is 23.9 Å². The van der Waals surface area contributed by atoms with E-state index < -0.39 is 17.5 Å². The predicted octanol–water partition coefficient (Wildman–Crippen LogP) is 3.05. The van der Waals surface area contributed by atoms with Gasteiger partial charge in [0, 0.05) is 0 Å². The summed E-state index contributed by atoms with van der Waals surface area (Å²) in [4.78, 5) is 38.6. The fraction of sp³-hybridized carbons (Fsp3) is 0.591. The Morgan fingerprint density at radius 1 is 1.24 bits per heavy atom. The number of hydrogen-bond acceptors (Lipinski definition) is 5. The normalized spacial score (nSPS) is 25.8. The molecule has 158 valence electrons. The van der Waals surface area contributed by atoms with Crippen molar-refractivity contribution in [3.8, 4) is 5.75 Å². The van der Waals surface area contributed by atoms with E-state index in [1.165, 1.54) is 0 Å². The minimum atomic E-state index is -0.910. The Hall–Kier alpha value is -2.57. The summed E-state index contributed by atoms with van der Waals surface area (Å²) in [6, 6.07) is 7.05. The second kappa shape index (κ2) is 8.05. The molecule has 7 nitrogen and oxygen atoms in total. The van der Waals surface area contributed by atoms with Crippen molar-refractivity contribution in [1.82, 2.24) is 10.2 Å². The molecule has 1 aromatic rings. The number of carbonyl (C=O) groups excluding carboxylic acids is 3. The van der Waals surface area contributed by atoms with Gasteiger partial charge < -0.3 is 14.8 Å². The zero-order valence-electron chi connectivity index (χ0n) is 17.6. The molecule has 2 atom stereocenters. The smallest absolute Gasteiger partial charge is 0.326 e. The zero-order chi connectivity index (χ0) is 21.2. The highest BCUT2D eigenvalue weighted by molar-refractivity contribution is 6.08. The van der Waals surface area contributed by atoms with Crippen molar-refractivity contribution in [2.24, 2.45) is 11.3 Å². The van der Waals surface area contributed by atoms with Gasteiger partial charge in [-0.1, -0.05) is 32.9 Å². The summed E-state index contributed by atoms with van der Waals surface area (Å²) in [5.41, 5.74) is 0.115. The van der Waals surface area contributed by atoms with Crippen LogP contribution in [-0.2, 0) is 14.3 Å². The summed E-state index contributed by atoms with van der Waals surface area (Å²) < 4.78 is 10.7. The third kappa shape index (κ3) is 4.89. The number of aryl methyl sites for hydroxylation is 1. The summed E-state index contributed by atoms with van der Waals surface area (Å²) in [6.07, 6.45) is 2.17. The van der Waals surface area contributed by atoms with Gasteiger partial charge in [0.1, 0.15) is 31.0 Å². The molecular weight excluding hydrogens is 372 g/mol. The van der Waals surface area contributed by atoms with Gasteiger partial charge in [0.15, 0.2) is 0 Å². The van der Waals surface area contributed by atoms with Gasteiger partial charge in [-0.2, -0.15) is 0 Å². The van der Waals surface area contributed by atoms with Gasteiger partial charge >= 0.3 is 12.0 Å². The lowest BCUT2D eigenvalue weighted by molar-refractivity contribution is -0.149. The minimum Gasteiger partial charge on any atom is -0.490 e. The summed E-state index contributed by atoms with van der Waals surface area (Å²) >= 11 is 0. The van der Waals surface area contributed by atoms with E-state index in [0.717, 1.165) is 16.9 Å². The van der Waals surface area contributed by atoms with Crippen LogP contribution in [0.1, 0.15) is 45.6 Å². The van der Waals surface area contributed by atoms with E-state index in [-0.39, 0.29) is 31.1 Å². The topological polar surface area (TPSA) is 84.9 Å². The standard InChI is InChI=1S/C22H30N2O5/c1-15-6-5-7-17(10-15)28-8-9-29-18(25)13-24-19(26)22(23-20(24)27)12-16(2)11-21(3,4)14-22/h5-7,10,16H,8-9,11-14H2,1-4H3,(H,23,27)/t16-,22+/m1/s1. The fourth-order valence-electron chi connectivity index (χ4n) is 4.84. The molecule has 1 saturated carbocycles. The first-order valence-electron chi connectivity index (χ1n) is 10.1. The Labute approximate surface area is 171 Å². The molecular formula is C22H30N2O5. The molecule has 3 amide bonds. The molecule has 0 bridgehead atoms. The number of ether oxygens (including phenoxy) is 2. The SMILES string of the molecule is Cc1cccc(OCCOC(=O)CN2C(=O)N[C@]3(C[C@H](C)CC(C)(C)C3)C2=O)c1. The summed E-state index contributed by atoms with van der Waals surface area (Å²) in [5, 5.41) is 2.86. The van der Waals surface area contributed by atoms with E-state index in [1.54, 1.807) is 0 Å². The van der Waals surface area contributed by atoms with Crippen molar-refractivity contribution in [2.45, 2.75) is 52.5 Å². The number of nitrogens with zero attached hydrogens (tertiary/aromatic N) is 1. The molecule has 29 heavy (non-hydrogen) atoms. The first-order chi connectivity index (χ1) is 13.6. The molecule has 7 heteroatoms. The van der Waals surface area contributed by atoms with Crippen molar-refractivity contribution >= 4 is 17.9 Å². The lowest BCUT2D eigenvalue weighted by Crippen LogP contribution is -2.54. The molecule has 1 aromatic carbocycles. The molecule has 1 heterocycles. The van der Waals surface area contributed by atoms with Crippen LogP contribution in [0.2, 0.25) is 0 Å². The van der Waals surface area contributed by atoms with Gasteiger partial charge in [0.05, 0.1) is 0 Å². The molecule has 0 aromatic heterocycles. The lowest BCUT2D eigenvalue weighted by Gasteiger charge is -2.43. The molecule has 2 aliphatic rings. The van der Waals surface area contributed by atoms with Gasteiger partial charge in [0.2, 0.25) is 0 Å². The number of hydrogen-bond donors (Lipinski definition) is 1. The van der Waals surface area contributed by atoms with Gasteiger partial charge in [-0.05, 0) is 55.2 Å². The predicted molar refractivity (Wildman–Crippen MR) is 107 cm³/mol. The Kier molecular flexibility index (Phi) is 5.87. The Balaban J connectivity index is 1.51. The van der Waals surface area contributed by atoms with Crippen molar-refractivity contribution in [3.05, 3.63) is 29.8 Å². The molecule has 1 aliphatic carbocycles. The van der Waals surface area contributed by atoms with E-state index in [0.29, 0.717) is 24.5 Å². The van der Waals surface area contributed by atoms with Crippen LogP contribution in [-0.4, -0.2) is 48.1 Å². The van der Waals surface area contributed by atoms with Gasteiger partial charge in [-0.15, -0.1) is 0 Å². The monoisotopic (exact) mass is 402 g/mol. The molecule has 1 N–H and O–H groups in total. The van der Waals surface area contributed by atoms with Crippen LogP contribution in [0.5, 0.6) is 5.75 Å². The van der Waals surface area contributed by atoms with Crippen LogP contribution in [0.4, 0.5) is 4.79 Å². The van der Waals surface area contributed by atoms with Gasteiger partial charge in [-0.25, -0.2) is 4.79 Å². The number of rotatable bonds is 6. The zero-order valence-corrected chi connectivity index (χ0v) is 17.6. The average Bonchev–Trinajstić information content (AvgIpc) is 2.80. The van der Waals surface area contributed by atoms with Crippen LogP contribution in [0, 0.1) is 18.3 Å². The number of esters is 1. The Morgan fingerprint density at radius 2 is 2.00 bits per heavy atom. The molecule has 0 unspecified atom stereocenters. The van der Waals surface area contributed by atoms with E-state index in [9.17, 15) is 14.4 Å². The lowest BCUT2D eigenvalue weighted by atomic mass is 9.64. The second-order valence-electron chi connectivity index (χ2n) is 9.14. The van der Waals surface area contributed by atoms with E-state index in [4.69, 9.17) is 9.47 Å². The molecule has 3 rings (SSSR count). The minimum absolute atomic E-state index is 0.0473. The Morgan fingerprint density at radius 3 is 2.69 bits per heavy atom. The van der Waals surface area contributed by atoms with E-state index in [2.05, 4.69) is 26.1 Å². The largest absolute Gasteiger partial charge is 0.490 e. The maximum atomic E-state index is 13.0. The van der Waals surface area contributed by atoms with Crippen molar-refractivity contribution in [1.29, 1.82) is 0 Å². The quantitative estimate of drug-likeness (QED) is 0.449. The molecule has 1 saturated heterocycles. The number of amides is 3.